The van der Waals surface area contributed by atoms with Crippen molar-refractivity contribution in [2.45, 2.75) is 24.2 Å². The van der Waals surface area contributed by atoms with Crippen molar-refractivity contribution in [2.24, 2.45) is 0 Å². The standard InChI is InChI=1S/C16H19N3O4S2/c1-23-13-4-6-14(7-5-13)25(21,22)18-16-17-12(11-24-16)10-15(20)19-8-2-3-9-19/h4-7,11H,2-3,8-10H2,1H3,(H,17,18). The third-order valence-corrected chi connectivity index (χ3v) is 6.22. The van der Waals surface area contributed by atoms with E-state index in [1.807, 2.05) is 4.90 Å². The van der Waals surface area contributed by atoms with Crippen LogP contribution >= 0.6 is 11.3 Å². The lowest BCUT2D eigenvalue weighted by Gasteiger charge is -2.13. The Balaban J connectivity index is 1.66. The van der Waals surface area contributed by atoms with Gasteiger partial charge in [-0.05, 0) is 37.1 Å². The minimum atomic E-state index is -3.72. The molecule has 7 nitrogen and oxygen atoms in total. The topological polar surface area (TPSA) is 88.6 Å². The van der Waals surface area contributed by atoms with Crippen LogP contribution in [0.3, 0.4) is 0 Å². The second kappa shape index (κ2) is 7.40. The molecule has 0 unspecified atom stereocenters. The number of ether oxygens (including phenoxy) is 1. The SMILES string of the molecule is COc1ccc(S(=O)(=O)Nc2nc(CC(=O)N3CCCC3)cs2)cc1. The van der Waals surface area contributed by atoms with Crippen molar-refractivity contribution in [3.8, 4) is 5.75 Å². The lowest BCUT2D eigenvalue weighted by Crippen LogP contribution is -2.29. The van der Waals surface area contributed by atoms with Gasteiger partial charge >= 0.3 is 0 Å². The molecule has 1 saturated heterocycles. The van der Waals surface area contributed by atoms with Gasteiger partial charge in [-0.1, -0.05) is 0 Å². The van der Waals surface area contributed by atoms with E-state index >= 15 is 0 Å². The Kier molecular flexibility index (Phi) is 5.24. The summed E-state index contributed by atoms with van der Waals surface area (Å²) in [6.45, 7) is 1.58. The number of thiazole rings is 1. The first-order valence-electron chi connectivity index (χ1n) is 7.87. The second-order valence-corrected chi connectivity index (χ2v) is 8.23. The minimum absolute atomic E-state index is 0.0346. The molecule has 3 rings (SSSR count). The molecule has 1 aromatic carbocycles. The molecule has 9 heteroatoms. The van der Waals surface area contributed by atoms with Crippen molar-refractivity contribution < 1.29 is 17.9 Å². The van der Waals surface area contributed by atoms with Crippen LogP contribution in [0, 0.1) is 0 Å². The molecule has 1 aromatic heterocycles. The van der Waals surface area contributed by atoms with Gasteiger partial charge in [0.1, 0.15) is 5.75 Å². The van der Waals surface area contributed by atoms with E-state index in [0.29, 0.717) is 11.4 Å². The van der Waals surface area contributed by atoms with E-state index < -0.39 is 10.0 Å². The molecule has 0 spiro atoms. The predicted molar refractivity (Wildman–Crippen MR) is 95.4 cm³/mol. The average molecular weight is 381 g/mol. The first-order chi connectivity index (χ1) is 12.0. The number of carbonyl (C=O) groups is 1. The molecular weight excluding hydrogens is 362 g/mol. The number of amides is 1. The number of anilines is 1. The second-order valence-electron chi connectivity index (χ2n) is 5.69. The zero-order chi connectivity index (χ0) is 17.9. The van der Waals surface area contributed by atoms with Gasteiger partial charge in [0.25, 0.3) is 10.0 Å². The first kappa shape index (κ1) is 17.7. The summed E-state index contributed by atoms with van der Waals surface area (Å²) in [6.07, 6.45) is 2.27. The van der Waals surface area contributed by atoms with Crippen molar-refractivity contribution in [1.29, 1.82) is 0 Å². The van der Waals surface area contributed by atoms with Crippen molar-refractivity contribution in [1.82, 2.24) is 9.88 Å². The summed E-state index contributed by atoms with van der Waals surface area (Å²) in [6, 6.07) is 6.09. The fourth-order valence-electron chi connectivity index (χ4n) is 2.60. The van der Waals surface area contributed by atoms with Crippen LogP contribution in [0.1, 0.15) is 18.5 Å². The molecule has 2 heterocycles. The largest absolute Gasteiger partial charge is 0.497 e. The maximum Gasteiger partial charge on any atom is 0.263 e. The van der Waals surface area contributed by atoms with Crippen molar-refractivity contribution in [2.75, 3.05) is 24.9 Å². The zero-order valence-corrected chi connectivity index (χ0v) is 15.4. The summed E-state index contributed by atoms with van der Waals surface area (Å²) in [5.74, 6) is 0.614. The zero-order valence-electron chi connectivity index (χ0n) is 13.8. The Bertz CT molecular complexity index is 841. The van der Waals surface area contributed by atoms with E-state index in [-0.39, 0.29) is 22.4 Å². The molecule has 1 aliphatic rings. The van der Waals surface area contributed by atoms with Crippen molar-refractivity contribution >= 4 is 32.4 Å². The van der Waals surface area contributed by atoms with Crippen LogP contribution in [-0.2, 0) is 21.2 Å². The molecule has 1 fully saturated rings. The summed E-state index contributed by atoms with van der Waals surface area (Å²) in [4.78, 5) is 18.3. The fraction of sp³-hybridized carbons (Fsp3) is 0.375. The maximum atomic E-state index is 12.4. The number of hydrogen-bond acceptors (Lipinski definition) is 6. The van der Waals surface area contributed by atoms with Crippen LogP contribution in [0.15, 0.2) is 34.5 Å². The minimum Gasteiger partial charge on any atom is -0.497 e. The van der Waals surface area contributed by atoms with E-state index in [1.165, 1.54) is 30.6 Å². The third kappa shape index (κ3) is 4.29. The van der Waals surface area contributed by atoms with Crippen molar-refractivity contribution in [3.05, 3.63) is 35.3 Å². The van der Waals surface area contributed by atoms with Crippen LogP contribution in [0.5, 0.6) is 5.75 Å². The van der Waals surface area contributed by atoms with E-state index in [1.54, 1.807) is 17.5 Å². The normalized spacial score (nSPS) is 14.5. The first-order valence-corrected chi connectivity index (χ1v) is 10.2. The molecule has 0 radical (unpaired) electrons. The number of nitrogens with zero attached hydrogens (tertiary/aromatic N) is 2. The molecule has 0 saturated carbocycles. The summed E-state index contributed by atoms with van der Waals surface area (Å²) >= 11 is 1.17. The number of benzene rings is 1. The number of nitrogens with one attached hydrogen (secondary N) is 1. The smallest absolute Gasteiger partial charge is 0.263 e. The number of carbonyl (C=O) groups excluding carboxylic acids is 1. The van der Waals surface area contributed by atoms with Crippen LogP contribution in [0.25, 0.3) is 0 Å². The molecule has 1 amide bonds. The van der Waals surface area contributed by atoms with Gasteiger partial charge in [-0.2, -0.15) is 0 Å². The number of likely N-dealkylation sites (tertiary alicyclic amines) is 1. The molecule has 0 atom stereocenters. The highest BCUT2D eigenvalue weighted by Crippen LogP contribution is 2.22. The van der Waals surface area contributed by atoms with Gasteiger partial charge in [-0.15, -0.1) is 11.3 Å². The quantitative estimate of drug-likeness (QED) is 0.828. The predicted octanol–water partition coefficient (Wildman–Crippen LogP) is 2.12. The summed E-state index contributed by atoms with van der Waals surface area (Å²) in [5.41, 5.74) is 0.578. The molecule has 0 bridgehead atoms. The summed E-state index contributed by atoms with van der Waals surface area (Å²) < 4.78 is 32.2. The molecule has 1 N–H and O–H groups in total. The lowest BCUT2D eigenvalue weighted by molar-refractivity contribution is -0.129. The molecule has 134 valence electrons. The monoisotopic (exact) mass is 381 g/mol. The van der Waals surface area contributed by atoms with Crippen LogP contribution in [0.2, 0.25) is 0 Å². The van der Waals surface area contributed by atoms with Crippen LogP contribution < -0.4 is 9.46 Å². The molecule has 25 heavy (non-hydrogen) atoms. The Labute approximate surface area is 150 Å². The van der Waals surface area contributed by atoms with E-state index in [9.17, 15) is 13.2 Å². The molecule has 0 aliphatic carbocycles. The highest BCUT2D eigenvalue weighted by atomic mass is 32.2. The third-order valence-electron chi connectivity index (χ3n) is 3.93. The Morgan fingerprint density at radius 3 is 2.60 bits per heavy atom. The summed E-state index contributed by atoms with van der Waals surface area (Å²) in [5, 5.41) is 1.96. The Hall–Kier alpha value is -2.13. The van der Waals surface area contributed by atoms with Gasteiger partial charge < -0.3 is 9.64 Å². The highest BCUT2D eigenvalue weighted by Gasteiger charge is 2.20. The summed E-state index contributed by atoms with van der Waals surface area (Å²) in [7, 11) is -2.21. The number of aromatic nitrogens is 1. The number of sulfonamides is 1. The fourth-order valence-corrected chi connectivity index (χ4v) is 4.56. The van der Waals surface area contributed by atoms with Gasteiger partial charge in [0.2, 0.25) is 5.91 Å². The maximum absolute atomic E-state index is 12.4. The molecule has 1 aliphatic heterocycles. The van der Waals surface area contributed by atoms with Gasteiger partial charge in [-0.3, -0.25) is 9.52 Å². The van der Waals surface area contributed by atoms with Gasteiger partial charge in [0.05, 0.1) is 24.1 Å². The van der Waals surface area contributed by atoms with Gasteiger partial charge in [-0.25, -0.2) is 13.4 Å². The Morgan fingerprint density at radius 1 is 1.28 bits per heavy atom. The van der Waals surface area contributed by atoms with Gasteiger partial charge in [0, 0.05) is 18.5 Å². The van der Waals surface area contributed by atoms with E-state index in [4.69, 9.17) is 4.74 Å². The van der Waals surface area contributed by atoms with E-state index in [0.717, 1.165) is 25.9 Å². The van der Waals surface area contributed by atoms with Gasteiger partial charge in [0.15, 0.2) is 5.13 Å². The molecular formula is C16H19N3O4S2. The van der Waals surface area contributed by atoms with Crippen LogP contribution in [-0.4, -0.2) is 44.4 Å². The average Bonchev–Trinajstić information content (AvgIpc) is 3.26. The highest BCUT2D eigenvalue weighted by molar-refractivity contribution is 7.93. The number of hydrogen-bond donors (Lipinski definition) is 1. The van der Waals surface area contributed by atoms with E-state index in [2.05, 4.69) is 9.71 Å². The number of methoxy groups -OCH3 is 1. The number of rotatable bonds is 6. The van der Waals surface area contributed by atoms with Crippen LogP contribution in [0.4, 0.5) is 5.13 Å². The lowest BCUT2D eigenvalue weighted by atomic mass is 10.3. The Morgan fingerprint density at radius 2 is 1.96 bits per heavy atom. The molecule has 2 aromatic rings. The van der Waals surface area contributed by atoms with Crippen molar-refractivity contribution in [3.63, 3.8) is 0 Å².